The molecular formula is C10H13ClO. The Morgan fingerprint density at radius 3 is 3.00 bits per heavy atom. The van der Waals surface area contributed by atoms with Gasteiger partial charge < -0.3 is 0 Å². The normalized spacial score (nSPS) is 23.1. The molecule has 1 unspecified atom stereocenters. The SMILES string of the molecule is C=CCC1CC=C(C(=O)Cl)CC1. The van der Waals surface area contributed by atoms with Crippen molar-refractivity contribution in [3.05, 3.63) is 24.3 Å². The van der Waals surface area contributed by atoms with Crippen LogP contribution in [0.2, 0.25) is 0 Å². The molecule has 0 N–H and O–H groups in total. The minimum atomic E-state index is -0.285. The van der Waals surface area contributed by atoms with Crippen molar-refractivity contribution in [2.75, 3.05) is 0 Å². The summed E-state index contributed by atoms with van der Waals surface area (Å²) < 4.78 is 0. The fraction of sp³-hybridized carbons (Fsp3) is 0.500. The number of rotatable bonds is 3. The number of hydrogen-bond acceptors (Lipinski definition) is 1. The summed E-state index contributed by atoms with van der Waals surface area (Å²) in [4.78, 5) is 10.7. The van der Waals surface area contributed by atoms with Crippen LogP contribution in [0, 0.1) is 5.92 Å². The second kappa shape index (κ2) is 4.46. The van der Waals surface area contributed by atoms with Crippen LogP contribution in [0.4, 0.5) is 0 Å². The van der Waals surface area contributed by atoms with E-state index in [0.29, 0.717) is 5.92 Å². The number of halogens is 1. The Bertz CT molecular complexity index is 218. The average Bonchev–Trinajstić information content (AvgIpc) is 2.06. The molecule has 0 aromatic carbocycles. The largest absolute Gasteiger partial charge is 0.276 e. The maximum atomic E-state index is 10.7. The Hall–Kier alpha value is -0.560. The molecule has 2 heteroatoms. The van der Waals surface area contributed by atoms with Gasteiger partial charge in [0.2, 0.25) is 5.24 Å². The van der Waals surface area contributed by atoms with Crippen molar-refractivity contribution in [3.8, 4) is 0 Å². The topological polar surface area (TPSA) is 17.1 Å². The quantitative estimate of drug-likeness (QED) is 0.487. The van der Waals surface area contributed by atoms with E-state index in [-0.39, 0.29) is 5.24 Å². The van der Waals surface area contributed by atoms with Gasteiger partial charge in [-0.1, -0.05) is 12.2 Å². The molecule has 0 radical (unpaired) electrons. The van der Waals surface area contributed by atoms with E-state index in [0.717, 1.165) is 31.3 Å². The van der Waals surface area contributed by atoms with Gasteiger partial charge in [-0.15, -0.1) is 6.58 Å². The van der Waals surface area contributed by atoms with Gasteiger partial charge in [-0.25, -0.2) is 0 Å². The molecule has 0 saturated heterocycles. The second-order valence-electron chi connectivity index (χ2n) is 3.17. The summed E-state index contributed by atoms with van der Waals surface area (Å²) in [6.07, 6.45) is 7.82. The van der Waals surface area contributed by atoms with Gasteiger partial charge in [0.05, 0.1) is 0 Å². The smallest absolute Gasteiger partial charge is 0.248 e. The summed E-state index contributed by atoms with van der Waals surface area (Å²) in [6.45, 7) is 3.70. The third-order valence-corrected chi connectivity index (χ3v) is 2.51. The van der Waals surface area contributed by atoms with Crippen molar-refractivity contribution in [2.24, 2.45) is 5.92 Å². The molecule has 0 aliphatic heterocycles. The lowest BCUT2D eigenvalue weighted by Crippen LogP contribution is -2.07. The van der Waals surface area contributed by atoms with Crippen LogP contribution in [0.5, 0.6) is 0 Å². The minimum Gasteiger partial charge on any atom is -0.276 e. The zero-order chi connectivity index (χ0) is 8.97. The lowest BCUT2D eigenvalue weighted by molar-refractivity contribution is -0.108. The number of allylic oxidation sites excluding steroid dienone is 3. The van der Waals surface area contributed by atoms with Gasteiger partial charge in [0.1, 0.15) is 0 Å². The molecule has 1 nitrogen and oxygen atoms in total. The highest BCUT2D eigenvalue weighted by molar-refractivity contribution is 6.67. The maximum Gasteiger partial charge on any atom is 0.248 e. The van der Waals surface area contributed by atoms with E-state index in [9.17, 15) is 4.79 Å². The zero-order valence-corrected chi connectivity index (χ0v) is 7.81. The Labute approximate surface area is 78.1 Å². The van der Waals surface area contributed by atoms with Crippen molar-refractivity contribution < 1.29 is 4.79 Å². The predicted molar refractivity (Wildman–Crippen MR) is 51.1 cm³/mol. The third kappa shape index (κ3) is 2.49. The van der Waals surface area contributed by atoms with E-state index in [1.165, 1.54) is 0 Å². The van der Waals surface area contributed by atoms with E-state index in [1.54, 1.807) is 0 Å². The number of hydrogen-bond donors (Lipinski definition) is 0. The molecule has 1 aliphatic rings. The molecule has 0 saturated carbocycles. The van der Waals surface area contributed by atoms with Crippen LogP contribution in [0.25, 0.3) is 0 Å². The fourth-order valence-corrected chi connectivity index (χ4v) is 1.69. The molecular weight excluding hydrogens is 172 g/mol. The highest BCUT2D eigenvalue weighted by Gasteiger charge is 2.15. The van der Waals surface area contributed by atoms with Crippen LogP contribution in [-0.2, 0) is 4.79 Å². The van der Waals surface area contributed by atoms with E-state index < -0.39 is 0 Å². The van der Waals surface area contributed by atoms with Crippen LogP contribution in [0.15, 0.2) is 24.3 Å². The Balaban J connectivity index is 2.47. The van der Waals surface area contributed by atoms with Gasteiger partial charge in [-0.2, -0.15) is 0 Å². The summed E-state index contributed by atoms with van der Waals surface area (Å²) in [5, 5.41) is -0.285. The molecule has 0 spiro atoms. The van der Waals surface area contributed by atoms with Crippen LogP contribution in [0.3, 0.4) is 0 Å². The molecule has 1 rings (SSSR count). The third-order valence-electron chi connectivity index (χ3n) is 2.27. The lowest BCUT2D eigenvalue weighted by Gasteiger charge is -2.18. The van der Waals surface area contributed by atoms with Gasteiger partial charge in [-0.05, 0) is 43.2 Å². The monoisotopic (exact) mass is 184 g/mol. The Morgan fingerprint density at radius 1 is 1.83 bits per heavy atom. The summed E-state index contributed by atoms with van der Waals surface area (Å²) in [5.41, 5.74) is 0.789. The number of carbonyl (C=O) groups is 1. The summed E-state index contributed by atoms with van der Waals surface area (Å²) >= 11 is 5.35. The molecule has 0 fully saturated rings. The summed E-state index contributed by atoms with van der Waals surface area (Å²) in [7, 11) is 0. The molecule has 0 heterocycles. The van der Waals surface area contributed by atoms with Crippen LogP contribution >= 0.6 is 11.6 Å². The molecule has 1 atom stereocenters. The van der Waals surface area contributed by atoms with Crippen molar-refractivity contribution in [2.45, 2.75) is 25.7 Å². The standard InChI is InChI=1S/C10H13ClO/c1-2-3-8-4-6-9(7-5-8)10(11)12/h2,6,8H,1,3-5,7H2. The van der Waals surface area contributed by atoms with E-state index in [1.807, 2.05) is 12.2 Å². The first-order chi connectivity index (χ1) is 5.74. The van der Waals surface area contributed by atoms with E-state index in [4.69, 9.17) is 11.6 Å². The zero-order valence-electron chi connectivity index (χ0n) is 7.05. The van der Waals surface area contributed by atoms with Crippen molar-refractivity contribution in [3.63, 3.8) is 0 Å². The predicted octanol–water partition coefficient (Wildman–Crippen LogP) is 3.05. The van der Waals surface area contributed by atoms with Crippen molar-refractivity contribution in [1.29, 1.82) is 0 Å². The molecule has 1 aliphatic carbocycles. The first-order valence-electron chi connectivity index (χ1n) is 4.23. The summed E-state index contributed by atoms with van der Waals surface area (Å²) in [6, 6.07) is 0. The first-order valence-corrected chi connectivity index (χ1v) is 4.61. The summed E-state index contributed by atoms with van der Waals surface area (Å²) in [5.74, 6) is 0.669. The van der Waals surface area contributed by atoms with Gasteiger partial charge in [0.15, 0.2) is 0 Å². The Morgan fingerprint density at radius 2 is 2.58 bits per heavy atom. The molecule has 66 valence electrons. The second-order valence-corrected chi connectivity index (χ2v) is 3.51. The highest BCUT2D eigenvalue weighted by atomic mass is 35.5. The first kappa shape index (κ1) is 9.53. The molecule has 0 bridgehead atoms. The molecule has 0 aromatic rings. The highest BCUT2D eigenvalue weighted by Crippen LogP contribution is 2.27. The molecule has 0 aromatic heterocycles. The van der Waals surface area contributed by atoms with Gasteiger partial charge in [-0.3, -0.25) is 4.79 Å². The maximum absolute atomic E-state index is 10.7. The van der Waals surface area contributed by atoms with Crippen molar-refractivity contribution in [1.82, 2.24) is 0 Å². The average molecular weight is 185 g/mol. The van der Waals surface area contributed by atoms with Crippen LogP contribution in [0.1, 0.15) is 25.7 Å². The minimum absolute atomic E-state index is 0.285. The molecule has 12 heavy (non-hydrogen) atoms. The number of carbonyl (C=O) groups excluding carboxylic acids is 1. The van der Waals surface area contributed by atoms with Gasteiger partial charge in [0.25, 0.3) is 0 Å². The van der Waals surface area contributed by atoms with Crippen LogP contribution in [-0.4, -0.2) is 5.24 Å². The van der Waals surface area contributed by atoms with Gasteiger partial charge in [0, 0.05) is 5.57 Å². The van der Waals surface area contributed by atoms with E-state index >= 15 is 0 Å². The van der Waals surface area contributed by atoms with Crippen molar-refractivity contribution >= 4 is 16.8 Å². The Kier molecular flexibility index (Phi) is 3.54. The fourth-order valence-electron chi connectivity index (χ4n) is 1.52. The molecule has 0 amide bonds. The van der Waals surface area contributed by atoms with Gasteiger partial charge >= 0.3 is 0 Å². The lowest BCUT2D eigenvalue weighted by atomic mass is 9.88. The van der Waals surface area contributed by atoms with E-state index in [2.05, 4.69) is 6.58 Å². The van der Waals surface area contributed by atoms with Crippen LogP contribution < -0.4 is 0 Å².